The average molecular weight is 210 g/mol. The lowest BCUT2D eigenvalue weighted by molar-refractivity contribution is -0.126. The molecule has 1 aromatic heterocycles. The van der Waals surface area contributed by atoms with E-state index in [0.717, 1.165) is 0 Å². The first-order chi connectivity index (χ1) is 7.01. The summed E-state index contributed by atoms with van der Waals surface area (Å²) in [5, 5.41) is 9.32. The zero-order valence-corrected chi connectivity index (χ0v) is 8.74. The van der Waals surface area contributed by atoms with Gasteiger partial charge in [0.25, 0.3) is 0 Å². The maximum absolute atomic E-state index is 11.7. The zero-order valence-electron chi connectivity index (χ0n) is 8.74. The predicted octanol–water partition coefficient (Wildman–Crippen LogP) is -0.898. The molecule has 7 heteroatoms. The van der Waals surface area contributed by atoms with Gasteiger partial charge in [0.05, 0.1) is 0 Å². The smallest absolute Gasteiger partial charge is 0.247 e. The van der Waals surface area contributed by atoms with Gasteiger partial charge in [-0.25, -0.2) is 5.10 Å². The van der Waals surface area contributed by atoms with Gasteiger partial charge in [-0.15, -0.1) is 5.10 Å². The Balaban J connectivity index is 2.31. The van der Waals surface area contributed by atoms with Gasteiger partial charge in [-0.1, -0.05) is 0 Å². The normalized spacial score (nSPS) is 20.1. The molecule has 15 heavy (non-hydrogen) atoms. The SMILES string of the molecule is CC1(C)C(=O)NCCN1c1n[nH]c(N)n1. The predicted molar refractivity (Wildman–Crippen MR) is 55.2 cm³/mol. The van der Waals surface area contributed by atoms with Crippen LogP contribution in [0.5, 0.6) is 0 Å². The van der Waals surface area contributed by atoms with Crippen LogP contribution in [0.4, 0.5) is 11.9 Å². The molecule has 1 amide bonds. The Morgan fingerprint density at radius 2 is 2.27 bits per heavy atom. The fourth-order valence-corrected chi connectivity index (χ4v) is 1.64. The van der Waals surface area contributed by atoms with Crippen molar-refractivity contribution in [1.82, 2.24) is 20.5 Å². The molecule has 0 saturated carbocycles. The van der Waals surface area contributed by atoms with Crippen LogP contribution in [0.2, 0.25) is 0 Å². The number of anilines is 2. The molecule has 0 radical (unpaired) electrons. The minimum Gasteiger partial charge on any atom is -0.368 e. The molecule has 2 rings (SSSR count). The molecule has 0 aromatic carbocycles. The van der Waals surface area contributed by atoms with Gasteiger partial charge in [0.2, 0.25) is 17.8 Å². The second-order valence-electron chi connectivity index (χ2n) is 3.99. The standard InChI is InChI=1S/C8H14N6O/c1-8(2)5(15)10-3-4-14(8)7-11-6(9)12-13-7/h3-4H2,1-2H3,(H,10,15)(H3,9,11,12,13). The number of nitrogens with zero attached hydrogens (tertiary/aromatic N) is 3. The summed E-state index contributed by atoms with van der Waals surface area (Å²) in [7, 11) is 0. The summed E-state index contributed by atoms with van der Waals surface area (Å²) < 4.78 is 0. The number of nitrogens with one attached hydrogen (secondary N) is 2. The Morgan fingerprint density at radius 3 is 2.87 bits per heavy atom. The molecule has 0 bridgehead atoms. The van der Waals surface area contributed by atoms with Gasteiger partial charge < -0.3 is 16.0 Å². The van der Waals surface area contributed by atoms with Crippen molar-refractivity contribution in [3.63, 3.8) is 0 Å². The summed E-state index contributed by atoms with van der Waals surface area (Å²) in [6.45, 7) is 4.93. The van der Waals surface area contributed by atoms with E-state index in [1.165, 1.54) is 0 Å². The second-order valence-corrected chi connectivity index (χ2v) is 3.99. The fourth-order valence-electron chi connectivity index (χ4n) is 1.64. The van der Waals surface area contributed by atoms with Crippen LogP contribution in [-0.4, -0.2) is 39.7 Å². The second kappa shape index (κ2) is 3.11. The summed E-state index contributed by atoms with van der Waals surface area (Å²) in [5.41, 5.74) is 4.81. The molecule has 82 valence electrons. The summed E-state index contributed by atoms with van der Waals surface area (Å²) >= 11 is 0. The Morgan fingerprint density at radius 1 is 1.53 bits per heavy atom. The molecule has 0 atom stereocenters. The number of carbonyl (C=O) groups is 1. The monoisotopic (exact) mass is 210 g/mol. The topological polar surface area (TPSA) is 99.9 Å². The van der Waals surface area contributed by atoms with Crippen molar-refractivity contribution in [3.8, 4) is 0 Å². The highest BCUT2D eigenvalue weighted by Crippen LogP contribution is 2.22. The van der Waals surface area contributed by atoms with Crippen LogP contribution in [-0.2, 0) is 4.79 Å². The molecule has 1 fully saturated rings. The quantitative estimate of drug-likeness (QED) is 0.558. The number of nitrogens with two attached hydrogens (primary N) is 1. The number of carbonyl (C=O) groups excluding carboxylic acids is 1. The number of nitrogen functional groups attached to an aromatic ring is 1. The molecule has 1 aromatic rings. The third kappa shape index (κ3) is 1.49. The van der Waals surface area contributed by atoms with Gasteiger partial charge in [-0.2, -0.15) is 4.98 Å². The Kier molecular flexibility index (Phi) is 2.02. The van der Waals surface area contributed by atoms with Crippen LogP contribution < -0.4 is 16.0 Å². The van der Waals surface area contributed by atoms with Gasteiger partial charge >= 0.3 is 0 Å². The third-order valence-electron chi connectivity index (χ3n) is 2.58. The fraction of sp³-hybridized carbons (Fsp3) is 0.625. The van der Waals surface area contributed by atoms with E-state index in [1.807, 2.05) is 18.7 Å². The van der Waals surface area contributed by atoms with Crippen molar-refractivity contribution in [1.29, 1.82) is 0 Å². The Labute approximate surface area is 87.0 Å². The van der Waals surface area contributed by atoms with E-state index in [-0.39, 0.29) is 11.9 Å². The number of H-pyrrole nitrogens is 1. The molecule has 1 aliphatic heterocycles. The molecule has 1 saturated heterocycles. The number of amides is 1. The van der Waals surface area contributed by atoms with Gasteiger partial charge in [0.15, 0.2) is 0 Å². The molecular weight excluding hydrogens is 196 g/mol. The highest BCUT2D eigenvalue weighted by Gasteiger charge is 2.39. The largest absolute Gasteiger partial charge is 0.368 e. The van der Waals surface area contributed by atoms with E-state index >= 15 is 0 Å². The molecule has 0 aliphatic carbocycles. The minimum absolute atomic E-state index is 0.0304. The van der Waals surface area contributed by atoms with Crippen molar-refractivity contribution >= 4 is 17.8 Å². The Hall–Kier alpha value is -1.79. The number of piperazine rings is 1. The third-order valence-corrected chi connectivity index (χ3v) is 2.58. The van der Waals surface area contributed by atoms with E-state index in [0.29, 0.717) is 19.0 Å². The van der Waals surface area contributed by atoms with Crippen molar-refractivity contribution in [2.45, 2.75) is 19.4 Å². The van der Waals surface area contributed by atoms with Crippen molar-refractivity contribution in [2.75, 3.05) is 23.7 Å². The number of hydrogen-bond donors (Lipinski definition) is 3. The maximum atomic E-state index is 11.7. The first-order valence-electron chi connectivity index (χ1n) is 4.75. The van der Waals surface area contributed by atoms with Crippen molar-refractivity contribution < 1.29 is 4.79 Å². The molecule has 2 heterocycles. The van der Waals surface area contributed by atoms with Crippen LogP contribution >= 0.6 is 0 Å². The van der Waals surface area contributed by atoms with E-state index < -0.39 is 5.54 Å². The van der Waals surface area contributed by atoms with Crippen molar-refractivity contribution in [2.24, 2.45) is 0 Å². The highest BCUT2D eigenvalue weighted by atomic mass is 16.2. The van der Waals surface area contributed by atoms with Crippen LogP contribution in [0, 0.1) is 0 Å². The molecular formula is C8H14N6O. The number of hydrogen-bond acceptors (Lipinski definition) is 5. The average Bonchev–Trinajstić information content (AvgIpc) is 2.56. The molecule has 7 nitrogen and oxygen atoms in total. The van der Waals surface area contributed by atoms with Crippen LogP contribution in [0.1, 0.15) is 13.8 Å². The highest BCUT2D eigenvalue weighted by molar-refractivity contribution is 5.89. The maximum Gasteiger partial charge on any atom is 0.247 e. The molecule has 0 spiro atoms. The molecule has 1 aliphatic rings. The zero-order chi connectivity index (χ0) is 11.1. The van der Waals surface area contributed by atoms with Crippen LogP contribution in [0.3, 0.4) is 0 Å². The van der Waals surface area contributed by atoms with Crippen LogP contribution in [0.25, 0.3) is 0 Å². The summed E-state index contributed by atoms with van der Waals surface area (Å²) in [6, 6.07) is 0. The van der Waals surface area contributed by atoms with Gasteiger partial charge in [0, 0.05) is 13.1 Å². The lowest BCUT2D eigenvalue weighted by Crippen LogP contribution is -2.62. The number of aromatic nitrogens is 3. The Bertz CT molecular complexity index is 384. The lowest BCUT2D eigenvalue weighted by Gasteiger charge is -2.40. The van der Waals surface area contributed by atoms with Crippen molar-refractivity contribution in [3.05, 3.63) is 0 Å². The molecule has 0 unspecified atom stereocenters. The van der Waals surface area contributed by atoms with Crippen LogP contribution in [0.15, 0.2) is 0 Å². The number of aromatic amines is 1. The van der Waals surface area contributed by atoms with E-state index in [9.17, 15) is 4.79 Å². The lowest BCUT2D eigenvalue weighted by atomic mass is 10.00. The van der Waals surface area contributed by atoms with Gasteiger partial charge in [0.1, 0.15) is 5.54 Å². The minimum atomic E-state index is -0.646. The summed E-state index contributed by atoms with van der Waals surface area (Å²) in [6.07, 6.45) is 0. The van der Waals surface area contributed by atoms with Gasteiger partial charge in [-0.3, -0.25) is 4.79 Å². The van der Waals surface area contributed by atoms with E-state index in [4.69, 9.17) is 5.73 Å². The summed E-state index contributed by atoms with van der Waals surface area (Å²) in [5.74, 6) is 0.691. The number of rotatable bonds is 1. The first kappa shape index (κ1) is 9.75. The van der Waals surface area contributed by atoms with E-state index in [2.05, 4.69) is 20.5 Å². The van der Waals surface area contributed by atoms with Gasteiger partial charge in [-0.05, 0) is 13.8 Å². The molecule has 4 N–H and O–H groups in total. The summed E-state index contributed by atoms with van der Waals surface area (Å²) in [4.78, 5) is 17.5. The van der Waals surface area contributed by atoms with E-state index in [1.54, 1.807) is 0 Å². The first-order valence-corrected chi connectivity index (χ1v) is 4.75.